The smallest absolute Gasteiger partial charge is 0.164 e. The number of carbonyl (C=O) groups excluding carboxylic acids is 1. The van der Waals surface area contributed by atoms with Crippen LogP contribution >= 0.6 is 11.8 Å². The summed E-state index contributed by atoms with van der Waals surface area (Å²) in [5.41, 5.74) is 1.56. The first kappa shape index (κ1) is 17.6. The van der Waals surface area contributed by atoms with Gasteiger partial charge in [-0.15, -0.1) is 11.8 Å². The molecule has 2 aliphatic rings. The number of carbonyl (C=O) groups is 1. The second kappa shape index (κ2) is 7.80. The first-order valence-corrected chi connectivity index (χ1v) is 10.1. The fourth-order valence-electron chi connectivity index (χ4n) is 3.72. The Morgan fingerprint density at radius 2 is 2.15 bits per heavy atom. The summed E-state index contributed by atoms with van der Waals surface area (Å²) in [6, 6.07) is 12.7. The Morgan fingerprint density at radius 3 is 3.04 bits per heavy atom. The van der Waals surface area contributed by atoms with Gasteiger partial charge in [-0.2, -0.15) is 0 Å². The summed E-state index contributed by atoms with van der Waals surface area (Å²) in [5, 5.41) is 0. The molecule has 0 aliphatic carbocycles. The molecule has 3 nitrogen and oxygen atoms in total. The maximum absolute atomic E-state index is 14.0. The van der Waals surface area contributed by atoms with E-state index in [0.717, 1.165) is 60.2 Å². The number of ether oxygens (including phenoxy) is 1. The zero-order valence-corrected chi connectivity index (χ0v) is 15.4. The first-order chi connectivity index (χ1) is 12.7. The van der Waals surface area contributed by atoms with Crippen molar-refractivity contribution in [2.45, 2.75) is 23.7 Å². The highest BCUT2D eigenvalue weighted by Crippen LogP contribution is 2.34. The van der Waals surface area contributed by atoms with Gasteiger partial charge in [0.15, 0.2) is 5.78 Å². The number of Topliss-reactive ketones (excluding diaryl/α,β-unsaturated/α-hetero) is 1. The fourth-order valence-corrected chi connectivity index (χ4v) is 4.58. The average molecular weight is 371 g/mol. The van der Waals surface area contributed by atoms with Crippen LogP contribution in [0.5, 0.6) is 5.75 Å². The molecule has 0 saturated carbocycles. The molecule has 1 atom stereocenters. The lowest BCUT2D eigenvalue weighted by Crippen LogP contribution is -2.24. The summed E-state index contributed by atoms with van der Waals surface area (Å²) in [6.07, 6.45) is 1.44. The molecule has 1 fully saturated rings. The summed E-state index contributed by atoms with van der Waals surface area (Å²) in [4.78, 5) is 15.9. The molecule has 2 aromatic rings. The van der Waals surface area contributed by atoms with Gasteiger partial charge in [0.1, 0.15) is 11.6 Å². The normalized spacial score (nSPS) is 19.8. The molecule has 0 aromatic heterocycles. The molecular formula is C21H22FNO2S. The molecule has 0 spiro atoms. The number of benzene rings is 2. The molecule has 0 bridgehead atoms. The van der Waals surface area contributed by atoms with E-state index < -0.39 is 0 Å². The molecule has 2 aliphatic heterocycles. The number of thioether (sulfide) groups is 1. The zero-order valence-electron chi connectivity index (χ0n) is 14.6. The number of ketones is 1. The van der Waals surface area contributed by atoms with Crippen molar-refractivity contribution >= 4 is 17.5 Å². The lowest BCUT2D eigenvalue weighted by molar-refractivity contribution is 0.0968. The molecular weight excluding hydrogens is 349 g/mol. The summed E-state index contributed by atoms with van der Waals surface area (Å²) in [5.74, 6) is 2.07. The Hall–Kier alpha value is -1.85. The highest BCUT2D eigenvalue weighted by molar-refractivity contribution is 7.99. The largest absolute Gasteiger partial charge is 0.492 e. The molecule has 1 unspecified atom stereocenters. The average Bonchev–Trinajstić information content (AvgIpc) is 3.15. The van der Waals surface area contributed by atoms with Crippen LogP contribution in [0, 0.1) is 5.82 Å². The maximum Gasteiger partial charge on any atom is 0.164 e. The minimum atomic E-state index is -0.121. The molecule has 0 amide bonds. The standard InChI is InChI=1S/C21H22FNO2S/c22-18-4-2-1-3-17(18)16-7-9-23(14-16)10-8-19(24)15-5-6-20-21(13-15)26-12-11-25-20/h1-6,13,16H,7-12,14H2. The molecule has 2 aromatic carbocycles. The molecule has 26 heavy (non-hydrogen) atoms. The van der Waals surface area contributed by atoms with Crippen molar-refractivity contribution in [1.82, 2.24) is 4.90 Å². The highest BCUT2D eigenvalue weighted by atomic mass is 32.2. The minimum absolute atomic E-state index is 0.121. The van der Waals surface area contributed by atoms with Gasteiger partial charge in [-0.25, -0.2) is 4.39 Å². The van der Waals surface area contributed by atoms with Crippen LogP contribution in [0.4, 0.5) is 4.39 Å². The third-order valence-corrected chi connectivity index (χ3v) is 6.14. The maximum atomic E-state index is 14.0. The molecule has 136 valence electrons. The van der Waals surface area contributed by atoms with Gasteiger partial charge < -0.3 is 9.64 Å². The summed E-state index contributed by atoms with van der Waals surface area (Å²) >= 11 is 1.74. The van der Waals surface area contributed by atoms with Crippen LogP contribution in [0.25, 0.3) is 0 Å². The van der Waals surface area contributed by atoms with Crippen molar-refractivity contribution in [3.05, 3.63) is 59.4 Å². The van der Waals surface area contributed by atoms with E-state index in [1.165, 1.54) is 6.07 Å². The number of halogens is 1. The Labute approximate surface area is 157 Å². The van der Waals surface area contributed by atoms with Crippen LogP contribution in [0.15, 0.2) is 47.4 Å². The number of hydrogen-bond donors (Lipinski definition) is 0. The second-order valence-electron chi connectivity index (χ2n) is 6.84. The third kappa shape index (κ3) is 3.79. The quantitative estimate of drug-likeness (QED) is 0.730. The summed E-state index contributed by atoms with van der Waals surface area (Å²) in [6.45, 7) is 3.19. The van der Waals surface area contributed by atoms with Crippen LogP contribution in [-0.2, 0) is 0 Å². The van der Waals surface area contributed by atoms with Crippen molar-refractivity contribution in [3.63, 3.8) is 0 Å². The Kier molecular flexibility index (Phi) is 5.27. The molecule has 1 saturated heterocycles. The molecule has 5 heteroatoms. The van der Waals surface area contributed by atoms with E-state index in [1.54, 1.807) is 17.8 Å². The lowest BCUT2D eigenvalue weighted by Gasteiger charge is -2.18. The number of likely N-dealkylation sites (tertiary alicyclic amines) is 1. The van der Waals surface area contributed by atoms with Crippen molar-refractivity contribution < 1.29 is 13.9 Å². The van der Waals surface area contributed by atoms with Gasteiger partial charge in [-0.05, 0) is 42.8 Å². The van der Waals surface area contributed by atoms with Crippen LogP contribution in [0.1, 0.15) is 34.7 Å². The molecule has 2 heterocycles. The van der Waals surface area contributed by atoms with E-state index >= 15 is 0 Å². The molecule has 0 N–H and O–H groups in total. The Morgan fingerprint density at radius 1 is 1.27 bits per heavy atom. The third-order valence-electron chi connectivity index (χ3n) is 5.14. The van der Waals surface area contributed by atoms with Crippen molar-refractivity contribution in [2.24, 2.45) is 0 Å². The van der Waals surface area contributed by atoms with Crippen molar-refractivity contribution in [2.75, 3.05) is 32.0 Å². The molecule has 4 rings (SSSR count). The van der Waals surface area contributed by atoms with Gasteiger partial charge in [-0.3, -0.25) is 4.79 Å². The minimum Gasteiger partial charge on any atom is -0.492 e. The Bertz CT molecular complexity index is 810. The van der Waals surface area contributed by atoms with Crippen LogP contribution in [-0.4, -0.2) is 42.7 Å². The van der Waals surface area contributed by atoms with Crippen molar-refractivity contribution in [3.8, 4) is 5.75 Å². The molecule has 0 radical (unpaired) electrons. The summed E-state index contributed by atoms with van der Waals surface area (Å²) < 4.78 is 19.5. The number of fused-ring (bicyclic) bond motifs is 1. The van der Waals surface area contributed by atoms with E-state index in [2.05, 4.69) is 4.90 Å². The SMILES string of the molecule is O=C(CCN1CCC(c2ccccc2F)C1)c1ccc2c(c1)SCCO2. The van der Waals surface area contributed by atoms with Crippen molar-refractivity contribution in [1.29, 1.82) is 0 Å². The van der Waals surface area contributed by atoms with Gasteiger partial charge >= 0.3 is 0 Å². The van der Waals surface area contributed by atoms with E-state index in [4.69, 9.17) is 4.74 Å². The van der Waals surface area contributed by atoms with E-state index in [-0.39, 0.29) is 17.5 Å². The topological polar surface area (TPSA) is 29.5 Å². The lowest BCUT2D eigenvalue weighted by atomic mass is 9.98. The van der Waals surface area contributed by atoms with Gasteiger partial charge in [0.05, 0.1) is 11.5 Å². The predicted octanol–water partition coefficient (Wildman–Crippen LogP) is 4.37. The fraction of sp³-hybridized carbons (Fsp3) is 0.381. The monoisotopic (exact) mass is 371 g/mol. The predicted molar refractivity (Wildman–Crippen MR) is 102 cm³/mol. The zero-order chi connectivity index (χ0) is 17.9. The second-order valence-corrected chi connectivity index (χ2v) is 7.98. The van der Waals surface area contributed by atoms with E-state index in [9.17, 15) is 9.18 Å². The van der Waals surface area contributed by atoms with Gasteiger partial charge in [0, 0.05) is 36.7 Å². The number of hydrogen-bond acceptors (Lipinski definition) is 4. The van der Waals surface area contributed by atoms with Gasteiger partial charge in [-0.1, -0.05) is 18.2 Å². The van der Waals surface area contributed by atoms with E-state index in [0.29, 0.717) is 6.42 Å². The van der Waals surface area contributed by atoms with Gasteiger partial charge in [0.2, 0.25) is 0 Å². The van der Waals surface area contributed by atoms with Gasteiger partial charge in [0.25, 0.3) is 0 Å². The number of nitrogens with zero attached hydrogens (tertiary/aromatic N) is 1. The van der Waals surface area contributed by atoms with Crippen LogP contribution < -0.4 is 4.74 Å². The Balaban J connectivity index is 1.33. The first-order valence-electron chi connectivity index (χ1n) is 9.10. The summed E-state index contributed by atoms with van der Waals surface area (Å²) in [7, 11) is 0. The van der Waals surface area contributed by atoms with E-state index in [1.807, 2.05) is 30.3 Å². The van der Waals surface area contributed by atoms with Crippen LogP contribution in [0.2, 0.25) is 0 Å². The highest BCUT2D eigenvalue weighted by Gasteiger charge is 2.26. The number of rotatable bonds is 5. The van der Waals surface area contributed by atoms with Crippen LogP contribution in [0.3, 0.4) is 0 Å².